The van der Waals surface area contributed by atoms with Crippen LogP contribution in [0.5, 0.6) is 5.75 Å². The van der Waals surface area contributed by atoms with Gasteiger partial charge >= 0.3 is 6.09 Å². The lowest BCUT2D eigenvalue weighted by molar-refractivity contribution is -0.134. The van der Waals surface area contributed by atoms with E-state index in [4.69, 9.17) is 21.1 Å². The molecule has 3 amide bonds. The zero-order valence-corrected chi connectivity index (χ0v) is 18.6. The first kappa shape index (κ1) is 22.4. The van der Waals surface area contributed by atoms with Crippen molar-refractivity contribution in [3.63, 3.8) is 0 Å². The highest BCUT2D eigenvalue weighted by Crippen LogP contribution is 2.45. The molecule has 0 saturated carbocycles. The smallest absolute Gasteiger partial charge is 0.412 e. The second-order valence-electron chi connectivity index (χ2n) is 8.38. The second-order valence-corrected chi connectivity index (χ2v) is 8.82. The molecule has 3 aliphatic rings. The summed E-state index contributed by atoms with van der Waals surface area (Å²) in [7, 11) is 0. The summed E-state index contributed by atoms with van der Waals surface area (Å²) in [4.78, 5) is 37.7. The highest BCUT2D eigenvalue weighted by atomic mass is 35.5. The van der Waals surface area contributed by atoms with E-state index in [0.717, 1.165) is 6.07 Å². The van der Waals surface area contributed by atoms with Crippen molar-refractivity contribution in [3.8, 4) is 5.75 Å². The van der Waals surface area contributed by atoms with Crippen LogP contribution in [0.15, 0.2) is 24.3 Å². The van der Waals surface area contributed by atoms with Gasteiger partial charge in [0, 0.05) is 35.1 Å². The van der Waals surface area contributed by atoms with Crippen LogP contribution in [0.1, 0.15) is 29.9 Å². The predicted octanol–water partition coefficient (Wildman–Crippen LogP) is 3.51. The van der Waals surface area contributed by atoms with Crippen molar-refractivity contribution in [2.24, 2.45) is 0 Å². The van der Waals surface area contributed by atoms with E-state index in [-0.39, 0.29) is 35.0 Å². The van der Waals surface area contributed by atoms with Crippen LogP contribution >= 0.6 is 11.6 Å². The van der Waals surface area contributed by atoms with Crippen molar-refractivity contribution >= 4 is 40.9 Å². The maximum Gasteiger partial charge on any atom is 0.412 e. The fourth-order valence-electron chi connectivity index (χ4n) is 4.52. The van der Waals surface area contributed by atoms with E-state index in [1.807, 2.05) is 4.90 Å². The first-order valence-corrected chi connectivity index (χ1v) is 11.2. The number of ether oxygens (including phenoxy) is 2. The molecule has 2 aromatic carbocycles. The number of hydrogen-bond donors (Lipinski definition) is 2. The van der Waals surface area contributed by atoms with Gasteiger partial charge in [0.05, 0.1) is 37.0 Å². The lowest BCUT2D eigenvalue weighted by Crippen LogP contribution is -2.53. The van der Waals surface area contributed by atoms with Gasteiger partial charge in [-0.05, 0) is 24.6 Å². The molecule has 11 heteroatoms. The molecule has 2 N–H and O–H groups in total. The minimum Gasteiger partial charge on any atom is -0.491 e. The minimum absolute atomic E-state index is 0.0529. The number of carbonyl (C=O) groups is 3. The molecule has 1 atom stereocenters. The number of nitrogens with zero attached hydrogens (tertiary/aromatic N) is 1. The topological polar surface area (TPSA) is 97.0 Å². The van der Waals surface area contributed by atoms with Gasteiger partial charge in [-0.15, -0.1) is 0 Å². The monoisotopic (exact) mass is 491 g/mol. The average Bonchev–Trinajstić information content (AvgIpc) is 3.23. The molecule has 0 aliphatic carbocycles. The zero-order valence-electron chi connectivity index (χ0n) is 17.8. The number of piperidine rings is 1. The van der Waals surface area contributed by atoms with E-state index in [1.54, 1.807) is 0 Å². The third-order valence-electron chi connectivity index (χ3n) is 6.17. The molecule has 5 rings (SSSR count). The summed E-state index contributed by atoms with van der Waals surface area (Å²) in [6.07, 6.45) is -0.441. The summed E-state index contributed by atoms with van der Waals surface area (Å²) in [5, 5.41) is 4.81. The molecule has 3 aliphatic heterocycles. The molecule has 3 heterocycles. The van der Waals surface area contributed by atoms with Gasteiger partial charge in [-0.1, -0.05) is 11.6 Å². The number of halogens is 3. The van der Waals surface area contributed by atoms with Gasteiger partial charge in [-0.2, -0.15) is 0 Å². The van der Waals surface area contributed by atoms with Crippen molar-refractivity contribution in [2.75, 3.05) is 29.9 Å². The maximum absolute atomic E-state index is 15.2. The Morgan fingerprint density at radius 2 is 1.97 bits per heavy atom. The molecule has 0 radical (unpaired) electrons. The summed E-state index contributed by atoms with van der Waals surface area (Å²) in [5.74, 6) is -2.31. The quantitative estimate of drug-likeness (QED) is 0.635. The summed E-state index contributed by atoms with van der Waals surface area (Å²) in [6, 6.07) is 5.18. The Bertz CT molecular complexity index is 1200. The van der Waals surface area contributed by atoms with Crippen LogP contribution in [0.2, 0.25) is 5.02 Å². The Morgan fingerprint density at radius 1 is 1.18 bits per heavy atom. The molecular weight excluding hydrogens is 472 g/mol. The number of fused-ring (bicyclic) bond motifs is 1. The van der Waals surface area contributed by atoms with E-state index in [0.29, 0.717) is 43.1 Å². The van der Waals surface area contributed by atoms with Crippen LogP contribution in [0, 0.1) is 11.6 Å². The second kappa shape index (κ2) is 8.75. The Morgan fingerprint density at radius 3 is 2.71 bits per heavy atom. The van der Waals surface area contributed by atoms with Crippen LogP contribution in [0.4, 0.5) is 25.0 Å². The number of imide groups is 1. The number of anilines is 2. The lowest BCUT2D eigenvalue weighted by Gasteiger charge is -2.40. The van der Waals surface area contributed by atoms with E-state index >= 15 is 4.39 Å². The summed E-state index contributed by atoms with van der Waals surface area (Å²) < 4.78 is 40.1. The highest BCUT2D eigenvalue weighted by Gasteiger charge is 2.39. The molecule has 8 nitrogen and oxygen atoms in total. The SMILES string of the molecule is O=C1CCC(c2c(F)cc(N3CC(OC(=O)Nc4ccc(Cl)cc4F)C3)c3c2CCO3)C(=O)N1. The number of carbonyl (C=O) groups excluding carboxylic acids is 3. The van der Waals surface area contributed by atoms with Gasteiger partial charge in [-0.25, -0.2) is 13.6 Å². The summed E-state index contributed by atoms with van der Waals surface area (Å²) in [5.41, 5.74) is 1.37. The van der Waals surface area contributed by atoms with Gasteiger partial charge in [-0.3, -0.25) is 20.2 Å². The molecule has 0 aromatic heterocycles. The largest absolute Gasteiger partial charge is 0.491 e. The average molecular weight is 492 g/mol. The Balaban J connectivity index is 1.27. The molecule has 178 valence electrons. The van der Waals surface area contributed by atoms with E-state index in [1.165, 1.54) is 18.2 Å². The first-order valence-electron chi connectivity index (χ1n) is 10.8. The molecular formula is C23H20ClF2N3O5. The fraction of sp³-hybridized carbons (Fsp3) is 0.348. The first-order chi connectivity index (χ1) is 16.3. The molecule has 2 aromatic rings. The van der Waals surface area contributed by atoms with Crippen molar-refractivity contribution < 1.29 is 32.6 Å². The van der Waals surface area contributed by atoms with Crippen LogP contribution in [0.3, 0.4) is 0 Å². The van der Waals surface area contributed by atoms with E-state index in [9.17, 15) is 18.8 Å². The van der Waals surface area contributed by atoms with Gasteiger partial charge in [0.1, 0.15) is 23.5 Å². The van der Waals surface area contributed by atoms with Crippen molar-refractivity contribution in [1.29, 1.82) is 0 Å². The van der Waals surface area contributed by atoms with Gasteiger partial charge in [0.2, 0.25) is 11.8 Å². The molecule has 0 bridgehead atoms. The van der Waals surface area contributed by atoms with Gasteiger partial charge in [0.15, 0.2) is 0 Å². The van der Waals surface area contributed by atoms with Crippen LogP contribution in [-0.4, -0.2) is 43.7 Å². The highest BCUT2D eigenvalue weighted by molar-refractivity contribution is 6.30. The van der Waals surface area contributed by atoms with Crippen molar-refractivity contribution in [3.05, 3.63) is 52.0 Å². The van der Waals surface area contributed by atoms with E-state index < -0.39 is 35.7 Å². The van der Waals surface area contributed by atoms with Crippen LogP contribution in [0.25, 0.3) is 0 Å². The normalized spacial score (nSPS) is 19.7. The number of benzene rings is 2. The Hall–Kier alpha value is -3.40. The predicted molar refractivity (Wildman–Crippen MR) is 118 cm³/mol. The summed E-state index contributed by atoms with van der Waals surface area (Å²) >= 11 is 5.70. The number of hydrogen-bond acceptors (Lipinski definition) is 6. The van der Waals surface area contributed by atoms with Gasteiger partial charge in [0.25, 0.3) is 0 Å². The van der Waals surface area contributed by atoms with Crippen molar-refractivity contribution in [2.45, 2.75) is 31.3 Å². The van der Waals surface area contributed by atoms with Crippen LogP contribution in [-0.2, 0) is 20.7 Å². The third kappa shape index (κ3) is 4.13. The maximum atomic E-state index is 15.2. The number of rotatable bonds is 4. The van der Waals surface area contributed by atoms with Crippen molar-refractivity contribution in [1.82, 2.24) is 5.32 Å². The molecule has 0 spiro atoms. The third-order valence-corrected chi connectivity index (χ3v) is 6.40. The molecule has 34 heavy (non-hydrogen) atoms. The van der Waals surface area contributed by atoms with Gasteiger partial charge < -0.3 is 14.4 Å². The molecule has 1 unspecified atom stereocenters. The number of amides is 3. The summed E-state index contributed by atoms with van der Waals surface area (Å²) in [6.45, 7) is 0.946. The zero-order chi connectivity index (χ0) is 24.0. The minimum atomic E-state index is -0.813. The molecule has 2 saturated heterocycles. The fourth-order valence-corrected chi connectivity index (χ4v) is 4.68. The standard InChI is InChI=1S/C23H20ClF2N3O5/c24-11-1-3-17(15(25)7-11)27-23(32)34-12-9-29(10-12)18-8-16(26)20(13-5-6-33-21(13)18)14-2-4-19(30)28-22(14)31/h1,3,7-8,12,14H,2,4-6,9-10H2,(H,27,32)(H,28,30,31). The van der Waals surface area contributed by atoms with E-state index in [2.05, 4.69) is 10.6 Å². The lowest BCUT2D eigenvalue weighted by atomic mass is 9.85. The number of nitrogens with one attached hydrogen (secondary N) is 2. The van der Waals surface area contributed by atoms with Crippen LogP contribution < -0.4 is 20.3 Å². The molecule has 2 fully saturated rings. The Labute approximate surface area is 198 Å². The Kier molecular flexibility index (Phi) is 5.76.